The molecule has 0 bridgehead atoms. The molecule has 8 heteroatoms. The van der Waals surface area contributed by atoms with Crippen molar-refractivity contribution < 1.29 is 16.8 Å². The van der Waals surface area contributed by atoms with E-state index in [0.29, 0.717) is 23.4 Å². The summed E-state index contributed by atoms with van der Waals surface area (Å²) < 4.78 is 54.0. The fraction of sp³-hybridized carbons (Fsp3) is 0.333. The highest BCUT2D eigenvalue weighted by Crippen LogP contribution is 2.28. The third-order valence-corrected chi connectivity index (χ3v) is 8.09. The molecular formula is C18H22N2O4S2. The van der Waals surface area contributed by atoms with E-state index in [0.717, 1.165) is 16.7 Å². The molecule has 1 N–H and O–H groups in total. The van der Waals surface area contributed by atoms with Gasteiger partial charge in [-0.15, -0.1) is 0 Å². The average Bonchev–Trinajstić information content (AvgIpc) is 2.62. The minimum Gasteiger partial charge on any atom is -0.214 e. The van der Waals surface area contributed by atoms with E-state index in [-0.39, 0.29) is 11.4 Å². The summed E-state index contributed by atoms with van der Waals surface area (Å²) in [6.07, 6.45) is 0.555. The highest BCUT2D eigenvalue weighted by Gasteiger charge is 2.30. The van der Waals surface area contributed by atoms with Crippen molar-refractivity contribution in [3.63, 3.8) is 0 Å². The quantitative estimate of drug-likeness (QED) is 0.859. The van der Waals surface area contributed by atoms with E-state index < -0.39 is 20.0 Å². The minimum absolute atomic E-state index is 0.143. The molecular weight excluding hydrogens is 372 g/mol. The number of hydrogen-bond donors (Lipinski definition) is 1. The number of fused-ring (bicyclic) bond motifs is 1. The predicted octanol–water partition coefficient (Wildman–Crippen LogP) is 1.96. The maximum Gasteiger partial charge on any atom is 0.243 e. The number of hydrogen-bond acceptors (Lipinski definition) is 4. The van der Waals surface area contributed by atoms with Gasteiger partial charge in [0.25, 0.3) is 0 Å². The first-order valence-electron chi connectivity index (χ1n) is 8.28. The van der Waals surface area contributed by atoms with Crippen molar-refractivity contribution in [3.8, 4) is 0 Å². The first-order chi connectivity index (χ1) is 12.1. The molecule has 0 atom stereocenters. The Kier molecular flexibility index (Phi) is 4.96. The second-order valence-corrected chi connectivity index (χ2v) is 10.3. The van der Waals surface area contributed by atoms with Gasteiger partial charge in [-0.2, -0.15) is 4.31 Å². The number of rotatable bonds is 4. The Hall–Kier alpha value is -1.74. The van der Waals surface area contributed by atoms with E-state index in [2.05, 4.69) is 4.72 Å². The zero-order valence-electron chi connectivity index (χ0n) is 15.0. The van der Waals surface area contributed by atoms with E-state index in [1.807, 2.05) is 13.0 Å². The highest BCUT2D eigenvalue weighted by atomic mass is 32.2. The van der Waals surface area contributed by atoms with Gasteiger partial charge in [-0.3, -0.25) is 0 Å². The van der Waals surface area contributed by atoms with E-state index in [9.17, 15) is 16.8 Å². The van der Waals surface area contributed by atoms with Gasteiger partial charge in [-0.05, 0) is 67.8 Å². The van der Waals surface area contributed by atoms with Crippen LogP contribution in [0.25, 0.3) is 0 Å². The summed E-state index contributed by atoms with van der Waals surface area (Å²) in [7, 11) is -5.86. The third kappa shape index (κ3) is 3.42. The number of nitrogens with zero attached hydrogens (tertiary/aromatic N) is 1. The van der Waals surface area contributed by atoms with Crippen molar-refractivity contribution in [3.05, 3.63) is 58.7 Å². The van der Waals surface area contributed by atoms with Crippen molar-refractivity contribution in [1.82, 2.24) is 9.03 Å². The Bertz CT molecular complexity index is 1060. The summed E-state index contributed by atoms with van der Waals surface area (Å²) in [4.78, 5) is 0.449. The fourth-order valence-electron chi connectivity index (χ4n) is 3.12. The fourth-order valence-corrected chi connectivity index (χ4v) is 5.63. The summed E-state index contributed by atoms with van der Waals surface area (Å²) in [5.41, 5.74) is 3.29. The molecule has 0 unspecified atom stereocenters. The first kappa shape index (κ1) is 19.0. The molecule has 1 aliphatic rings. The molecule has 0 radical (unpaired) electrons. The SMILES string of the molecule is CNS(=O)(=O)c1ccc2c(c1)CN(S(=O)(=O)c1cc(C)ccc1C)CC2. The molecule has 26 heavy (non-hydrogen) atoms. The van der Waals surface area contributed by atoms with Crippen LogP contribution in [0.4, 0.5) is 0 Å². The van der Waals surface area contributed by atoms with Gasteiger partial charge in [0, 0.05) is 13.1 Å². The Labute approximate surface area is 155 Å². The Morgan fingerprint density at radius 1 is 0.962 bits per heavy atom. The van der Waals surface area contributed by atoms with Crippen LogP contribution in [0.3, 0.4) is 0 Å². The third-order valence-electron chi connectivity index (χ3n) is 4.70. The molecule has 0 aromatic heterocycles. The molecule has 0 saturated heterocycles. The van der Waals surface area contributed by atoms with Crippen molar-refractivity contribution in [2.45, 2.75) is 36.6 Å². The average molecular weight is 395 g/mol. The molecule has 2 aromatic rings. The van der Waals surface area contributed by atoms with Crippen LogP contribution in [0, 0.1) is 13.8 Å². The largest absolute Gasteiger partial charge is 0.243 e. The van der Waals surface area contributed by atoms with Crippen LogP contribution in [0.5, 0.6) is 0 Å². The molecule has 0 aliphatic carbocycles. The van der Waals surface area contributed by atoms with Gasteiger partial charge in [0.1, 0.15) is 0 Å². The molecule has 1 heterocycles. The topological polar surface area (TPSA) is 83.6 Å². The predicted molar refractivity (Wildman–Crippen MR) is 99.9 cm³/mol. The molecule has 0 spiro atoms. The zero-order chi connectivity index (χ0) is 19.1. The van der Waals surface area contributed by atoms with Crippen molar-refractivity contribution in [2.24, 2.45) is 0 Å². The van der Waals surface area contributed by atoms with Gasteiger partial charge in [0.05, 0.1) is 9.79 Å². The number of nitrogens with one attached hydrogen (secondary N) is 1. The monoisotopic (exact) mass is 394 g/mol. The van der Waals surface area contributed by atoms with Crippen molar-refractivity contribution in [2.75, 3.05) is 13.6 Å². The summed E-state index contributed by atoms with van der Waals surface area (Å²) >= 11 is 0. The number of aryl methyl sites for hydroxylation is 2. The molecule has 3 rings (SSSR count). The van der Waals surface area contributed by atoms with Gasteiger partial charge in [0.15, 0.2) is 0 Å². The van der Waals surface area contributed by atoms with E-state index >= 15 is 0 Å². The van der Waals surface area contributed by atoms with Crippen LogP contribution in [-0.4, -0.2) is 34.7 Å². The second-order valence-electron chi connectivity index (χ2n) is 6.50. The summed E-state index contributed by atoms with van der Waals surface area (Å²) in [5, 5.41) is 0. The van der Waals surface area contributed by atoms with Gasteiger partial charge < -0.3 is 0 Å². The lowest BCUT2D eigenvalue weighted by atomic mass is 10.0. The van der Waals surface area contributed by atoms with Crippen molar-refractivity contribution >= 4 is 20.0 Å². The summed E-state index contributed by atoms with van der Waals surface area (Å²) in [6, 6.07) is 10.3. The normalized spacial score (nSPS) is 15.7. The van der Waals surface area contributed by atoms with Gasteiger partial charge >= 0.3 is 0 Å². The first-order valence-corrected chi connectivity index (χ1v) is 11.2. The molecule has 0 fully saturated rings. The lowest BCUT2D eigenvalue weighted by Crippen LogP contribution is -2.36. The van der Waals surface area contributed by atoms with E-state index in [1.54, 1.807) is 37.3 Å². The lowest BCUT2D eigenvalue weighted by molar-refractivity contribution is 0.390. The van der Waals surface area contributed by atoms with Gasteiger partial charge in [-0.1, -0.05) is 18.2 Å². The summed E-state index contributed by atoms with van der Waals surface area (Å²) in [5.74, 6) is 0. The van der Waals surface area contributed by atoms with Gasteiger partial charge in [-0.25, -0.2) is 21.6 Å². The van der Waals surface area contributed by atoms with Crippen LogP contribution in [0.2, 0.25) is 0 Å². The smallest absolute Gasteiger partial charge is 0.214 e. The maximum absolute atomic E-state index is 13.1. The van der Waals surface area contributed by atoms with Gasteiger partial charge in [0.2, 0.25) is 20.0 Å². The standard InChI is InChI=1S/C18H22N2O4S2/c1-13-4-5-14(2)18(10-13)26(23,24)20-9-8-15-6-7-17(11-16(15)12-20)25(21,22)19-3/h4-7,10-11,19H,8-9,12H2,1-3H3. The van der Waals surface area contributed by atoms with Crippen LogP contribution in [0.1, 0.15) is 22.3 Å². The Morgan fingerprint density at radius 2 is 1.69 bits per heavy atom. The molecule has 2 aromatic carbocycles. The molecule has 0 saturated carbocycles. The second kappa shape index (κ2) is 6.77. The highest BCUT2D eigenvalue weighted by molar-refractivity contribution is 7.89. The number of benzene rings is 2. The Balaban J connectivity index is 1.99. The van der Waals surface area contributed by atoms with Crippen LogP contribution in [-0.2, 0) is 33.0 Å². The Morgan fingerprint density at radius 3 is 2.38 bits per heavy atom. The minimum atomic E-state index is -3.64. The van der Waals surface area contributed by atoms with Crippen molar-refractivity contribution in [1.29, 1.82) is 0 Å². The van der Waals surface area contributed by atoms with E-state index in [1.165, 1.54) is 11.4 Å². The van der Waals surface area contributed by atoms with Crippen LogP contribution >= 0.6 is 0 Å². The lowest BCUT2D eigenvalue weighted by Gasteiger charge is -2.29. The number of sulfonamides is 2. The van der Waals surface area contributed by atoms with Crippen LogP contribution < -0.4 is 4.72 Å². The van der Waals surface area contributed by atoms with E-state index in [4.69, 9.17) is 0 Å². The molecule has 140 valence electrons. The maximum atomic E-state index is 13.1. The van der Waals surface area contributed by atoms with Crippen LogP contribution in [0.15, 0.2) is 46.2 Å². The molecule has 0 amide bonds. The molecule has 6 nitrogen and oxygen atoms in total. The molecule has 1 aliphatic heterocycles. The summed E-state index contributed by atoms with van der Waals surface area (Å²) in [6.45, 7) is 4.18. The zero-order valence-corrected chi connectivity index (χ0v) is 16.6.